The van der Waals surface area contributed by atoms with Crippen molar-refractivity contribution >= 4 is 52.7 Å². The molecule has 0 unspecified atom stereocenters. The number of nitrogens with zero attached hydrogens (tertiary/aromatic N) is 3. The molecule has 33 heavy (non-hydrogen) atoms. The maximum absolute atomic E-state index is 11.8. The number of carbonyl (C=O) groups is 1. The average Bonchev–Trinajstić information content (AvgIpc) is 3.43. The van der Waals surface area contributed by atoms with Crippen molar-refractivity contribution in [1.29, 1.82) is 0 Å². The highest BCUT2D eigenvalue weighted by Gasteiger charge is 2.20. The van der Waals surface area contributed by atoms with E-state index in [9.17, 15) is 20.0 Å². The molecule has 2 heterocycles. The smallest absolute Gasteiger partial charge is 0.342 e. The molecular formula is C21H12Cl2N4O5S. The van der Waals surface area contributed by atoms with E-state index in [0.29, 0.717) is 10.8 Å². The minimum absolute atomic E-state index is 0.108. The summed E-state index contributed by atoms with van der Waals surface area (Å²) in [5.74, 6) is -0.377. The molecule has 0 bridgehead atoms. The predicted molar refractivity (Wildman–Crippen MR) is 124 cm³/mol. The van der Waals surface area contributed by atoms with Crippen LogP contribution in [0, 0.1) is 10.1 Å². The lowest BCUT2D eigenvalue weighted by Gasteiger charge is -2.00. The van der Waals surface area contributed by atoms with Crippen molar-refractivity contribution in [2.24, 2.45) is 0 Å². The molecule has 2 N–H and O–H groups in total. The fraction of sp³-hybridized carbons (Fsp3) is 0. The Kier molecular flexibility index (Phi) is 6.50. The van der Waals surface area contributed by atoms with Gasteiger partial charge in [-0.15, -0.1) is 5.10 Å². The molecule has 0 fully saturated rings. The monoisotopic (exact) mass is 502 g/mol. The van der Waals surface area contributed by atoms with E-state index >= 15 is 0 Å². The maximum Gasteiger partial charge on any atom is 0.342 e. The fourth-order valence-electron chi connectivity index (χ4n) is 2.83. The SMILES string of the molecule is O=C(O)/C(=C/c1ccc(-c2ccc(Cl)cc2[N+](=O)[O-])o1)Sc1n[nH]c(-c2ccc(Cl)cc2)n1. The van der Waals surface area contributed by atoms with E-state index in [0.717, 1.165) is 17.3 Å². The summed E-state index contributed by atoms with van der Waals surface area (Å²) >= 11 is 12.6. The Labute approximate surface area is 200 Å². The zero-order valence-corrected chi connectivity index (χ0v) is 18.7. The second-order valence-electron chi connectivity index (χ2n) is 6.51. The minimum atomic E-state index is -1.21. The summed E-state index contributed by atoms with van der Waals surface area (Å²) in [6.07, 6.45) is 1.29. The molecule has 4 aromatic rings. The maximum atomic E-state index is 11.8. The number of hydrogen-bond donors (Lipinski definition) is 2. The summed E-state index contributed by atoms with van der Waals surface area (Å²) in [5.41, 5.74) is 0.727. The van der Waals surface area contributed by atoms with Crippen LogP contribution in [0.25, 0.3) is 28.8 Å². The summed E-state index contributed by atoms with van der Waals surface area (Å²) in [4.78, 5) is 26.7. The van der Waals surface area contributed by atoms with E-state index in [1.54, 1.807) is 24.3 Å². The van der Waals surface area contributed by atoms with E-state index < -0.39 is 10.9 Å². The van der Waals surface area contributed by atoms with Crippen LogP contribution < -0.4 is 0 Å². The van der Waals surface area contributed by atoms with Crippen LogP contribution in [0.3, 0.4) is 0 Å². The fourth-order valence-corrected chi connectivity index (χ4v) is 3.81. The van der Waals surface area contributed by atoms with Gasteiger partial charge in [0.05, 0.1) is 10.5 Å². The Morgan fingerprint density at radius 1 is 1.12 bits per heavy atom. The molecule has 0 radical (unpaired) electrons. The highest BCUT2D eigenvalue weighted by molar-refractivity contribution is 8.04. The minimum Gasteiger partial charge on any atom is -0.477 e. The molecule has 0 aliphatic rings. The Morgan fingerprint density at radius 2 is 1.85 bits per heavy atom. The van der Waals surface area contributed by atoms with Gasteiger partial charge in [-0.2, -0.15) is 0 Å². The molecule has 166 valence electrons. The molecule has 12 heteroatoms. The first-order valence-electron chi connectivity index (χ1n) is 9.15. The molecule has 2 aromatic heterocycles. The molecule has 2 aromatic carbocycles. The number of aromatic nitrogens is 3. The number of nitro groups is 1. The predicted octanol–water partition coefficient (Wildman–Crippen LogP) is 6.16. The third-order valence-electron chi connectivity index (χ3n) is 4.32. The largest absolute Gasteiger partial charge is 0.477 e. The van der Waals surface area contributed by atoms with Crippen LogP contribution in [0.2, 0.25) is 10.0 Å². The average molecular weight is 503 g/mol. The van der Waals surface area contributed by atoms with Gasteiger partial charge in [-0.25, -0.2) is 9.78 Å². The van der Waals surface area contributed by atoms with Crippen LogP contribution in [0.5, 0.6) is 0 Å². The normalized spacial score (nSPS) is 11.5. The van der Waals surface area contributed by atoms with Gasteiger partial charge in [-0.05, 0) is 60.3 Å². The number of rotatable bonds is 7. The van der Waals surface area contributed by atoms with Crippen LogP contribution in [-0.2, 0) is 4.79 Å². The van der Waals surface area contributed by atoms with Gasteiger partial charge in [0.1, 0.15) is 16.4 Å². The van der Waals surface area contributed by atoms with Crippen molar-refractivity contribution in [1.82, 2.24) is 15.2 Å². The van der Waals surface area contributed by atoms with Gasteiger partial charge < -0.3 is 9.52 Å². The number of nitrogens with one attached hydrogen (secondary N) is 1. The Balaban J connectivity index is 1.59. The summed E-state index contributed by atoms with van der Waals surface area (Å²) in [7, 11) is 0. The second-order valence-corrected chi connectivity index (χ2v) is 8.39. The topological polar surface area (TPSA) is 135 Å². The van der Waals surface area contributed by atoms with Crippen molar-refractivity contribution in [2.75, 3.05) is 0 Å². The number of thioether (sulfide) groups is 1. The highest BCUT2D eigenvalue weighted by atomic mass is 35.5. The highest BCUT2D eigenvalue weighted by Crippen LogP contribution is 2.35. The van der Waals surface area contributed by atoms with Crippen LogP contribution in [0.15, 0.2) is 69.1 Å². The molecule has 0 saturated carbocycles. The number of nitro benzene ring substituents is 1. The van der Waals surface area contributed by atoms with Gasteiger partial charge >= 0.3 is 5.97 Å². The number of carboxylic acid groups (broad SMARTS) is 1. The van der Waals surface area contributed by atoms with E-state index in [-0.39, 0.29) is 37.9 Å². The number of furan rings is 1. The number of hydrogen-bond acceptors (Lipinski definition) is 7. The molecule has 9 nitrogen and oxygen atoms in total. The summed E-state index contributed by atoms with van der Waals surface area (Å²) in [6.45, 7) is 0. The van der Waals surface area contributed by atoms with E-state index in [2.05, 4.69) is 15.2 Å². The summed E-state index contributed by atoms with van der Waals surface area (Å²) < 4.78 is 5.64. The van der Waals surface area contributed by atoms with Gasteiger partial charge in [0.15, 0.2) is 5.82 Å². The third-order valence-corrected chi connectivity index (χ3v) is 5.68. The number of halogens is 2. The van der Waals surface area contributed by atoms with Gasteiger partial charge in [-0.3, -0.25) is 15.2 Å². The molecule has 4 rings (SSSR count). The molecule has 0 amide bonds. The summed E-state index contributed by atoms with van der Waals surface area (Å²) in [6, 6.07) is 14.1. The van der Waals surface area contributed by atoms with E-state index in [4.69, 9.17) is 27.6 Å². The molecule has 0 aliphatic heterocycles. The quantitative estimate of drug-likeness (QED) is 0.132. The van der Waals surface area contributed by atoms with Crippen molar-refractivity contribution in [3.8, 4) is 22.7 Å². The van der Waals surface area contributed by atoms with Crippen molar-refractivity contribution in [2.45, 2.75) is 5.16 Å². The standard InChI is InChI=1S/C21H12Cl2N4O5S/c22-12-3-1-11(2-4-12)19-24-21(26-25-19)33-18(20(28)29)10-14-6-8-17(32-14)15-7-5-13(23)9-16(15)27(30)31/h1-10H,(H,28,29)(H,24,25,26)/b18-10-. The number of carboxylic acids is 1. The number of aromatic amines is 1. The number of benzene rings is 2. The number of H-pyrrole nitrogens is 1. The Bertz CT molecular complexity index is 1380. The lowest BCUT2D eigenvalue weighted by Crippen LogP contribution is -1.97. The van der Waals surface area contributed by atoms with E-state index in [1.807, 2.05) is 0 Å². The number of aliphatic carboxylic acids is 1. The first-order valence-corrected chi connectivity index (χ1v) is 10.7. The summed E-state index contributed by atoms with van der Waals surface area (Å²) in [5, 5.41) is 28.7. The molecule has 0 atom stereocenters. The first kappa shape index (κ1) is 22.6. The van der Waals surface area contributed by atoms with Crippen molar-refractivity contribution < 1.29 is 19.2 Å². The molecular weight excluding hydrogens is 491 g/mol. The Hall–Kier alpha value is -3.60. The van der Waals surface area contributed by atoms with Gasteiger partial charge in [0, 0.05) is 27.8 Å². The van der Waals surface area contributed by atoms with Gasteiger partial charge in [0.2, 0.25) is 5.16 Å². The van der Waals surface area contributed by atoms with Gasteiger partial charge in [-0.1, -0.05) is 23.2 Å². The lowest BCUT2D eigenvalue weighted by atomic mass is 10.1. The van der Waals surface area contributed by atoms with Crippen LogP contribution >= 0.6 is 35.0 Å². The Morgan fingerprint density at radius 3 is 2.55 bits per heavy atom. The van der Waals surface area contributed by atoms with Crippen LogP contribution in [-0.4, -0.2) is 31.2 Å². The van der Waals surface area contributed by atoms with Crippen LogP contribution in [0.4, 0.5) is 5.69 Å². The first-order chi connectivity index (χ1) is 15.8. The third kappa shape index (κ3) is 5.25. The zero-order chi connectivity index (χ0) is 23.5. The van der Waals surface area contributed by atoms with Crippen molar-refractivity contribution in [3.05, 3.63) is 85.4 Å². The zero-order valence-electron chi connectivity index (χ0n) is 16.4. The van der Waals surface area contributed by atoms with Crippen LogP contribution in [0.1, 0.15) is 5.76 Å². The second kappa shape index (κ2) is 9.49. The molecule has 0 aliphatic carbocycles. The van der Waals surface area contributed by atoms with E-state index in [1.165, 1.54) is 36.4 Å². The van der Waals surface area contributed by atoms with Crippen molar-refractivity contribution in [3.63, 3.8) is 0 Å². The van der Waals surface area contributed by atoms with Gasteiger partial charge in [0.25, 0.3) is 5.69 Å². The molecule has 0 saturated heterocycles. The molecule has 0 spiro atoms. The lowest BCUT2D eigenvalue weighted by molar-refractivity contribution is -0.384.